The van der Waals surface area contributed by atoms with E-state index in [0.29, 0.717) is 29.7 Å². The second-order valence-electron chi connectivity index (χ2n) is 7.16. The summed E-state index contributed by atoms with van der Waals surface area (Å²) in [7, 11) is 1.59. The monoisotopic (exact) mass is 387 g/mol. The Morgan fingerprint density at radius 3 is 2.45 bits per heavy atom. The Hall–Kier alpha value is -3.51. The minimum atomic E-state index is -1.29. The van der Waals surface area contributed by atoms with Gasteiger partial charge in [0.15, 0.2) is 0 Å². The first-order chi connectivity index (χ1) is 14.0. The normalized spacial score (nSPS) is 15.0. The Balaban J connectivity index is 1.57. The number of ether oxygens (including phenoxy) is 1. The second kappa shape index (κ2) is 7.48. The van der Waals surface area contributed by atoms with Gasteiger partial charge in [0.05, 0.1) is 13.7 Å². The molecule has 1 atom stereocenters. The van der Waals surface area contributed by atoms with Gasteiger partial charge in [-0.05, 0) is 52.6 Å². The van der Waals surface area contributed by atoms with E-state index in [0.717, 1.165) is 16.7 Å². The van der Waals surface area contributed by atoms with Crippen LogP contribution in [0, 0.1) is 0 Å². The molecule has 1 aliphatic rings. The van der Waals surface area contributed by atoms with Gasteiger partial charge in [-0.15, -0.1) is 0 Å². The molecule has 1 aliphatic heterocycles. The van der Waals surface area contributed by atoms with Gasteiger partial charge in [0.2, 0.25) is 0 Å². The van der Waals surface area contributed by atoms with E-state index in [-0.39, 0.29) is 12.5 Å². The summed E-state index contributed by atoms with van der Waals surface area (Å²) >= 11 is 0. The summed E-state index contributed by atoms with van der Waals surface area (Å²) in [5, 5.41) is 0. The molecule has 1 aromatic heterocycles. The average Bonchev–Trinajstić information content (AvgIpc) is 3.08. The lowest BCUT2D eigenvalue weighted by Crippen LogP contribution is -2.49. The molecule has 0 saturated heterocycles. The number of aldehydes is 1. The average molecular weight is 387 g/mol. The molecule has 0 aliphatic carbocycles. The molecule has 0 saturated carbocycles. The van der Waals surface area contributed by atoms with Crippen molar-refractivity contribution in [2.24, 2.45) is 5.73 Å². The summed E-state index contributed by atoms with van der Waals surface area (Å²) in [4.78, 5) is 30.4. The summed E-state index contributed by atoms with van der Waals surface area (Å²) in [6.07, 6.45) is 4.17. The SMILES string of the molecule is COc1ccc2c(c1)CN(CC(N)(C=O)c1ccc(-c3ccncc3)cc1)C2=O. The largest absolute Gasteiger partial charge is 0.497 e. The van der Waals surface area contributed by atoms with Crippen molar-refractivity contribution in [1.82, 2.24) is 9.88 Å². The van der Waals surface area contributed by atoms with Gasteiger partial charge < -0.3 is 20.2 Å². The van der Waals surface area contributed by atoms with E-state index in [4.69, 9.17) is 10.5 Å². The van der Waals surface area contributed by atoms with Gasteiger partial charge in [0.25, 0.3) is 5.91 Å². The maximum absolute atomic E-state index is 12.8. The quantitative estimate of drug-likeness (QED) is 0.658. The smallest absolute Gasteiger partial charge is 0.254 e. The number of carbonyl (C=O) groups is 2. The Kier molecular flexibility index (Phi) is 4.86. The van der Waals surface area contributed by atoms with Gasteiger partial charge >= 0.3 is 0 Å². The first-order valence-corrected chi connectivity index (χ1v) is 9.26. The molecule has 0 spiro atoms. The molecule has 6 nitrogen and oxygen atoms in total. The number of carbonyl (C=O) groups excluding carboxylic acids is 2. The fourth-order valence-corrected chi connectivity index (χ4v) is 3.64. The van der Waals surface area contributed by atoms with Crippen LogP contribution in [0.3, 0.4) is 0 Å². The number of nitrogens with two attached hydrogens (primary N) is 1. The highest BCUT2D eigenvalue weighted by Gasteiger charge is 2.36. The van der Waals surface area contributed by atoms with E-state index in [1.54, 1.807) is 36.5 Å². The molecule has 2 heterocycles. The first kappa shape index (κ1) is 18.8. The molecule has 6 heteroatoms. The van der Waals surface area contributed by atoms with Crippen LogP contribution in [0.4, 0.5) is 0 Å². The van der Waals surface area contributed by atoms with E-state index in [9.17, 15) is 9.59 Å². The topological polar surface area (TPSA) is 85.5 Å². The highest BCUT2D eigenvalue weighted by molar-refractivity contribution is 5.98. The summed E-state index contributed by atoms with van der Waals surface area (Å²) < 4.78 is 5.23. The molecule has 2 aromatic carbocycles. The van der Waals surface area contributed by atoms with Crippen LogP contribution in [0.1, 0.15) is 21.5 Å². The van der Waals surface area contributed by atoms with Crippen LogP contribution in [0.5, 0.6) is 5.75 Å². The van der Waals surface area contributed by atoms with E-state index < -0.39 is 5.54 Å². The third-order valence-electron chi connectivity index (χ3n) is 5.29. The Labute approximate surface area is 168 Å². The Morgan fingerprint density at radius 1 is 1.10 bits per heavy atom. The number of aromatic nitrogens is 1. The third kappa shape index (κ3) is 3.50. The Bertz CT molecular complexity index is 1050. The molecule has 1 unspecified atom stereocenters. The zero-order chi connectivity index (χ0) is 20.4. The van der Waals surface area contributed by atoms with Crippen molar-refractivity contribution in [1.29, 1.82) is 0 Å². The van der Waals surface area contributed by atoms with Crippen LogP contribution < -0.4 is 10.5 Å². The zero-order valence-corrected chi connectivity index (χ0v) is 16.0. The number of hydrogen-bond acceptors (Lipinski definition) is 5. The van der Waals surface area contributed by atoms with Crippen LogP contribution in [-0.2, 0) is 16.9 Å². The summed E-state index contributed by atoms with van der Waals surface area (Å²) in [5.41, 5.74) is 9.33. The fraction of sp³-hybridized carbons (Fsp3) is 0.174. The number of rotatable bonds is 6. The van der Waals surface area contributed by atoms with Crippen molar-refractivity contribution >= 4 is 12.2 Å². The van der Waals surface area contributed by atoms with Crippen molar-refractivity contribution in [3.05, 3.63) is 83.7 Å². The molecule has 1 amide bonds. The molecule has 0 radical (unpaired) electrons. The molecule has 0 bridgehead atoms. The van der Waals surface area contributed by atoms with Gasteiger partial charge in [-0.3, -0.25) is 9.78 Å². The van der Waals surface area contributed by atoms with E-state index in [2.05, 4.69) is 4.98 Å². The number of benzene rings is 2. The molecule has 0 fully saturated rings. The molecule has 146 valence electrons. The predicted octanol–water partition coefficient (Wildman–Crippen LogP) is 2.77. The van der Waals surface area contributed by atoms with Crippen molar-refractivity contribution in [3.63, 3.8) is 0 Å². The van der Waals surface area contributed by atoms with Crippen LogP contribution in [0.2, 0.25) is 0 Å². The van der Waals surface area contributed by atoms with Gasteiger partial charge in [-0.2, -0.15) is 0 Å². The highest BCUT2D eigenvalue weighted by Crippen LogP contribution is 2.30. The minimum absolute atomic E-state index is 0.0981. The number of nitrogens with zero attached hydrogens (tertiary/aromatic N) is 2. The van der Waals surface area contributed by atoms with E-state index in [1.165, 1.54) is 0 Å². The standard InChI is InChI=1S/C23H21N3O3/c1-29-20-6-7-21-18(12-20)13-26(22(21)28)14-23(24,15-27)19-4-2-16(3-5-19)17-8-10-25-11-9-17/h2-12,15H,13-14,24H2,1H3. The minimum Gasteiger partial charge on any atom is -0.497 e. The summed E-state index contributed by atoms with van der Waals surface area (Å²) in [5.74, 6) is 0.562. The number of amides is 1. The number of methoxy groups -OCH3 is 1. The third-order valence-corrected chi connectivity index (χ3v) is 5.29. The van der Waals surface area contributed by atoms with Crippen molar-refractivity contribution in [2.75, 3.05) is 13.7 Å². The molecular weight excluding hydrogens is 366 g/mol. The summed E-state index contributed by atoms with van der Waals surface area (Å²) in [6, 6.07) is 16.7. The first-order valence-electron chi connectivity index (χ1n) is 9.26. The van der Waals surface area contributed by atoms with Gasteiger partial charge in [0.1, 0.15) is 17.6 Å². The van der Waals surface area contributed by atoms with Crippen LogP contribution in [-0.4, -0.2) is 35.7 Å². The van der Waals surface area contributed by atoms with Crippen molar-refractivity contribution in [3.8, 4) is 16.9 Å². The predicted molar refractivity (Wildman–Crippen MR) is 109 cm³/mol. The molecule has 29 heavy (non-hydrogen) atoms. The lowest BCUT2D eigenvalue weighted by atomic mass is 9.90. The molecule has 4 rings (SSSR count). The maximum atomic E-state index is 12.8. The molecule has 2 N–H and O–H groups in total. The van der Waals surface area contributed by atoms with Gasteiger partial charge in [-0.25, -0.2) is 0 Å². The van der Waals surface area contributed by atoms with Crippen molar-refractivity contribution in [2.45, 2.75) is 12.1 Å². The van der Waals surface area contributed by atoms with Crippen molar-refractivity contribution < 1.29 is 14.3 Å². The molecule has 3 aromatic rings. The van der Waals surface area contributed by atoms with Crippen LogP contribution in [0.25, 0.3) is 11.1 Å². The maximum Gasteiger partial charge on any atom is 0.254 e. The number of pyridine rings is 1. The fourth-order valence-electron chi connectivity index (χ4n) is 3.64. The second-order valence-corrected chi connectivity index (χ2v) is 7.16. The van der Waals surface area contributed by atoms with Crippen LogP contribution >= 0.6 is 0 Å². The zero-order valence-electron chi connectivity index (χ0n) is 16.0. The Morgan fingerprint density at radius 2 is 1.79 bits per heavy atom. The van der Waals surface area contributed by atoms with Crippen LogP contribution in [0.15, 0.2) is 67.0 Å². The highest BCUT2D eigenvalue weighted by atomic mass is 16.5. The van der Waals surface area contributed by atoms with E-state index >= 15 is 0 Å². The lowest BCUT2D eigenvalue weighted by molar-refractivity contribution is -0.113. The molecular formula is C23H21N3O3. The van der Waals surface area contributed by atoms with Gasteiger partial charge in [-0.1, -0.05) is 24.3 Å². The summed E-state index contributed by atoms with van der Waals surface area (Å²) in [6.45, 7) is 0.494. The number of fused-ring (bicyclic) bond motifs is 1. The van der Waals surface area contributed by atoms with Gasteiger partial charge in [0, 0.05) is 24.5 Å². The number of hydrogen-bond donors (Lipinski definition) is 1. The lowest BCUT2D eigenvalue weighted by Gasteiger charge is -2.29. The van der Waals surface area contributed by atoms with E-state index in [1.807, 2.05) is 42.5 Å².